The smallest absolute Gasteiger partial charge is 0.247 e. The van der Waals surface area contributed by atoms with Crippen LogP contribution in [0.3, 0.4) is 0 Å². The topological polar surface area (TPSA) is 90.4 Å². The molecular formula is C25H21ClN4O2. The van der Waals surface area contributed by atoms with Crippen LogP contribution in [0.25, 0.3) is 0 Å². The summed E-state index contributed by atoms with van der Waals surface area (Å²) in [4.78, 5) is 30.6. The number of anilines is 2. The highest BCUT2D eigenvalue weighted by molar-refractivity contribution is 6.31. The average Bonchev–Trinajstić information content (AvgIpc) is 2.99. The van der Waals surface area contributed by atoms with Gasteiger partial charge in [-0.05, 0) is 43.5 Å². The Labute approximate surface area is 191 Å². The summed E-state index contributed by atoms with van der Waals surface area (Å²) in [6.45, 7) is 1.92. The SMILES string of the molecule is Cc1ccc(Cl)cc1N1C(N)=C(C#N)[C@@]2(C(=O)N(C)c3ccccc32)C2=C1CCCC2=O. The van der Waals surface area contributed by atoms with Gasteiger partial charge < -0.3 is 10.6 Å². The number of likely N-dealkylation sites (N-methyl/N-ethyl adjacent to an activating group) is 1. The summed E-state index contributed by atoms with van der Waals surface area (Å²) in [5.74, 6) is -0.303. The maximum absolute atomic E-state index is 13.9. The second-order valence-corrected chi connectivity index (χ2v) is 8.80. The van der Waals surface area contributed by atoms with E-state index in [0.29, 0.717) is 52.5 Å². The summed E-state index contributed by atoms with van der Waals surface area (Å²) < 4.78 is 0. The number of ketones is 1. The summed E-state index contributed by atoms with van der Waals surface area (Å²) in [6.07, 6.45) is 1.53. The highest BCUT2D eigenvalue weighted by atomic mass is 35.5. The Morgan fingerprint density at radius 3 is 2.62 bits per heavy atom. The number of allylic oxidation sites excluding steroid dienone is 1. The van der Waals surface area contributed by atoms with Crippen molar-refractivity contribution in [3.8, 4) is 6.07 Å². The van der Waals surface area contributed by atoms with Gasteiger partial charge in [-0.15, -0.1) is 0 Å². The third kappa shape index (κ3) is 2.40. The number of nitrogens with zero attached hydrogens (tertiary/aromatic N) is 3. The van der Waals surface area contributed by atoms with Gasteiger partial charge in [-0.1, -0.05) is 35.9 Å². The molecule has 2 aliphatic heterocycles. The highest BCUT2D eigenvalue weighted by Gasteiger charge is 2.61. The Hall–Kier alpha value is -3.56. The molecule has 0 fully saturated rings. The van der Waals surface area contributed by atoms with E-state index in [0.717, 1.165) is 5.56 Å². The first-order valence-electron chi connectivity index (χ1n) is 10.4. The normalized spacial score (nSPS) is 22.4. The molecular weight excluding hydrogens is 424 g/mol. The van der Waals surface area contributed by atoms with Gasteiger partial charge in [0.1, 0.15) is 17.3 Å². The molecule has 2 aromatic carbocycles. The van der Waals surface area contributed by atoms with Crippen LogP contribution in [0.15, 0.2) is 65.1 Å². The van der Waals surface area contributed by atoms with E-state index in [9.17, 15) is 14.9 Å². The van der Waals surface area contributed by atoms with Crippen LogP contribution in [0, 0.1) is 18.3 Å². The van der Waals surface area contributed by atoms with Crippen molar-refractivity contribution >= 4 is 34.7 Å². The fraction of sp³-hybridized carbons (Fsp3) is 0.240. The second kappa shape index (κ2) is 6.98. The monoisotopic (exact) mass is 444 g/mol. The first-order valence-corrected chi connectivity index (χ1v) is 10.8. The molecule has 7 heteroatoms. The predicted octanol–water partition coefficient (Wildman–Crippen LogP) is 4.08. The molecule has 5 rings (SSSR count). The fourth-order valence-electron chi connectivity index (χ4n) is 5.33. The highest BCUT2D eigenvalue weighted by Crippen LogP contribution is 2.56. The van der Waals surface area contributed by atoms with Crippen LogP contribution in [0.1, 0.15) is 30.4 Å². The Kier molecular flexibility index (Phi) is 4.44. The average molecular weight is 445 g/mol. The molecule has 0 saturated heterocycles. The van der Waals surface area contributed by atoms with Crippen LogP contribution < -0.4 is 15.5 Å². The molecule has 0 aromatic heterocycles. The standard InChI is InChI=1S/C25H21ClN4O2/c1-14-10-11-15(26)12-20(14)30-19-8-5-9-21(31)22(19)25(17(13-27)23(30)28)16-6-3-4-7-18(16)29(2)24(25)32/h3-4,6-7,10-12H,5,8-9,28H2,1-2H3/t25-/m1/s1. The van der Waals surface area contributed by atoms with E-state index in [-0.39, 0.29) is 23.1 Å². The van der Waals surface area contributed by atoms with E-state index in [4.69, 9.17) is 17.3 Å². The molecule has 1 atom stereocenters. The molecule has 1 spiro atoms. The molecule has 6 nitrogen and oxygen atoms in total. The van der Waals surface area contributed by atoms with Crippen LogP contribution in [-0.2, 0) is 15.0 Å². The number of hydrogen-bond acceptors (Lipinski definition) is 5. The lowest BCUT2D eigenvalue weighted by atomic mass is 9.63. The Morgan fingerprint density at radius 2 is 1.88 bits per heavy atom. The maximum atomic E-state index is 13.9. The van der Waals surface area contributed by atoms with Gasteiger partial charge in [0.15, 0.2) is 5.78 Å². The van der Waals surface area contributed by atoms with Gasteiger partial charge in [0.2, 0.25) is 5.91 Å². The van der Waals surface area contributed by atoms with Crippen molar-refractivity contribution in [3.05, 3.63) is 81.3 Å². The molecule has 160 valence electrons. The number of hydrogen-bond donors (Lipinski definition) is 1. The Bertz CT molecular complexity index is 1320. The van der Waals surface area contributed by atoms with Crippen molar-refractivity contribution in [2.75, 3.05) is 16.8 Å². The largest absolute Gasteiger partial charge is 0.384 e. The van der Waals surface area contributed by atoms with E-state index in [1.165, 1.54) is 4.90 Å². The van der Waals surface area contributed by atoms with Crippen molar-refractivity contribution in [1.82, 2.24) is 0 Å². The zero-order valence-electron chi connectivity index (χ0n) is 17.8. The number of rotatable bonds is 1. The lowest BCUT2D eigenvalue weighted by Gasteiger charge is -2.44. The fourth-order valence-corrected chi connectivity index (χ4v) is 5.50. The third-order valence-electron chi connectivity index (χ3n) is 6.72. The number of aryl methyl sites for hydroxylation is 1. The van der Waals surface area contributed by atoms with E-state index >= 15 is 0 Å². The Balaban J connectivity index is 1.92. The van der Waals surface area contributed by atoms with Crippen molar-refractivity contribution in [1.29, 1.82) is 5.26 Å². The molecule has 3 aliphatic rings. The quantitative estimate of drug-likeness (QED) is 0.715. The number of nitrogens with two attached hydrogens (primary N) is 1. The summed E-state index contributed by atoms with van der Waals surface area (Å²) in [6, 6.07) is 14.9. The van der Waals surface area contributed by atoms with E-state index in [1.807, 2.05) is 37.3 Å². The van der Waals surface area contributed by atoms with Gasteiger partial charge in [-0.2, -0.15) is 5.26 Å². The predicted molar refractivity (Wildman–Crippen MR) is 123 cm³/mol. The third-order valence-corrected chi connectivity index (χ3v) is 6.96. The molecule has 0 radical (unpaired) electrons. The number of benzene rings is 2. The Morgan fingerprint density at radius 1 is 1.12 bits per heavy atom. The van der Waals surface area contributed by atoms with Gasteiger partial charge in [0.05, 0.1) is 11.3 Å². The van der Waals surface area contributed by atoms with Crippen molar-refractivity contribution in [2.24, 2.45) is 5.73 Å². The van der Waals surface area contributed by atoms with Crippen LogP contribution in [-0.4, -0.2) is 18.7 Å². The molecule has 2 N–H and O–H groups in total. The zero-order chi connectivity index (χ0) is 22.8. The maximum Gasteiger partial charge on any atom is 0.247 e. The first-order chi connectivity index (χ1) is 15.3. The number of Topliss-reactive ketones (excluding diaryl/α,β-unsaturated/α-hetero) is 1. The van der Waals surface area contributed by atoms with Crippen molar-refractivity contribution in [2.45, 2.75) is 31.6 Å². The second-order valence-electron chi connectivity index (χ2n) is 8.37. The molecule has 1 amide bonds. The molecule has 0 unspecified atom stereocenters. The van der Waals surface area contributed by atoms with Crippen LogP contribution >= 0.6 is 11.6 Å². The summed E-state index contributed by atoms with van der Waals surface area (Å²) in [5, 5.41) is 10.9. The van der Waals surface area contributed by atoms with Gasteiger partial charge >= 0.3 is 0 Å². The lowest BCUT2D eigenvalue weighted by molar-refractivity contribution is -0.124. The van der Waals surface area contributed by atoms with E-state index in [1.54, 1.807) is 24.1 Å². The number of amides is 1. The van der Waals surface area contributed by atoms with Crippen molar-refractivity contribution < 1.29 is 9.59 Å². The van der Waals surface area contributed by atoms with Crippen molar-refractivity contribution in [3.63, 3.8) is 0 Å². The molecule has 0 bridgehead atoms. The molecule has 0 saturated carbocycles. The van der Waals surface area contributed by atoms with Crippen LogP contribution in [0.4, 0.5) is 11.4 Å². The molecule has 2 heterocycles. The van der Waals surface area contributed by atoms with Crippen LogP contribution in [0.5, 0.6) is 0 Å². The number of para-hydroxylation sites is 1. The number of carbonyl (C=O) groups is 2. The number of carbonyl (C=O) groups excluding carboxylic acids is 2. The summed E-state index contributed by atoms with van der Waals surface area (Å²) >= 11 is 6.30. The van der Waals surface area contributed by atoms with E-state index < -0.39 is 5.41 Å². The minimum Gasteiger partial charge on any atom is -0.384 e. The summed E-state index contributed by atoms with van der Waals surface area (Å²) in [7, 11) is 1.67. The molecule has 1 aliphatic carbocycles. The number of nitriles is 1. The molecule has 32 heavy (non-hydrogen) atoms. The zero-order valence-corrected chi connectivity index (χ0v) is 18.5. The molecule has 2 aromatic rings. The number of halogens is 1. The van der Waals surface area contributed by atoms with Gasteiger partial charge in [-0.3, -0.25) is 14.5 Å². The minimum atomic E-state index is -1.53. The number of fused-ring (bicyclic) bond motifs is 3. The van der Waals surface area contributed by atoms with Gasteiger partial charge in [0, 0.05) is 41.0 Å². The van der Waals surface area contributed by atoms with E-state index in [2.05, 4.69) is 6.07 Å². The van der Waals surface area contributed by atoms with Gasteiger partial charge in [-0.25, -0.2) is 0 Å². The summed E-state index contributed by atoms with van der Waals surface area (Å²) in [5.41, 5.74) is 9.15. The lowest BCUT2D eigenvalue weighted by Crippen LogP contribution is -2.52. The van der Waals surface area contributed by atoms with Crippen LogP contribution in [0.2, 0.25) is 5.02 Å². The van der Waals surface area contributed by atoms with Gasteiger partial charge in [0.25, 0.3) is 0 Å². The minimum absolute atomic E-state index is 0.0766. The first kappa shape index (κ1) is 20.3.